The molecule has 0 bridgehead atoms. The van der Waals surface area contributed by atoms with Crippen molar-refractivity contribution in [3.8, 4) is 0 Å². The van der Waals surface area contributed by atoms with Gasteiger partial charge in [0.15, 0.2) is 4.84 Å². The molecular weight excluding hydrogens is 414 g/mol. The van der Waals surface area contributed by atoms with E-state index in [-0.39, 0.29) is 40.8 Å². The number of benzene rings is 1. The van der Waals surface area contributed by atoms with Crippen LogP contribution in [0.15, 0.2) is 24.3 Å². The molecule has 0 unspecified atom stereocenters. The Morgan fingerprint density at radius 1 is 1.32 bits per heavy atom. The monoisotopic (exact) mass is 424 g/mol. The maximum Gasteiger partial charge on any atom is 1.00 e. The van der Waals surface area contributed by atoms with Crippen molar-refractivity contribution in [2.45, 2.75) is 17.0 Å². The number of carbonyl (C=O) groups excluding carboxylic acids is 1. The maximum absolute atomic E-state index is 11.5. The number of carbonyl (C=O) groups is 1. The number of nitrogens with one attached hydrogen (secondary N) is 1. The Bertz CT molecular complexity index is 701. The maximum atomic E-state index is 11.5. The van der Waals surface area contributed by atoms with Gasteiger partial charge in [-0.1, -0.05) is 23.2 Å². The molecule has 0 aliphatic rings. The molecule has 0 saturated carbocycles. The average molecular weight is 425 g/mol. The van der Waals surface area contributed by atoms with Gasteiger partial charge in [0, 0.05) is 12.1 Å². The van der Waals surface area contributed by atoms with Gasteiger partial charge >= 0.3 is 29.6 Å². The molecule has 0 aliphatic heterocycles. The zero-order chi connectivity index (χ0) is 18.5. The third kappa shape index (κ3) is 8.62. The van der Waals surface area contributed by atoms with Crippen LogP contribution in [-0.4, -0.2) is 46.4 Å². The van der Waals surface area contributed by atoms with Gasteiger partial charge in [-0.05, 0) is 17.7 Å². The van der Waals surface area contributed by atoms with Crippen LogP contribution in [0.2, 0.25) is 0 Å². The normalized spacial score (nSPS) is 13.6. The van der Waals surface area contributed by atoms with Crippen LogP contribution in [0.3, 0.4) is 0 Å². The van der Waals surface area contributed by atoms with Gasteiger partial charge in [-0.15, -0.1) is 0 Å². The Hall–Kier alpha value is -0.500. The fraction of sp³-hybridized carbons (Fsp3) is 0.364. The third-order valence-electron chi connectivity index (χ3n) is 2.74. The number of amides is 1. The summed E-state index contributed by atoms with van der Waals surface area (Å²) in [5, 5.41) is 22.9. The molecule has 0 spiro atoms. The van der Waals surface area contributed by atoms with Crippen molar-refractivity contribution in [1.82, 2.24) is 5.32 Å². The molecule has 10 nitrogen and oxygen atoms in total. The number of nitrogens with zero attached hydrogens (tertiary/aromatic N) is 1. The fourth-order valence-corrected chi connectivity index (χ4v) is 2.08. The topological polar surface area (TPSA) is 159 Å². The molecule has 1 amide bonds. The molecule has 1 aromatic carbocycles. The summed E-state index contributed by atoms with van der Waals surface area (Å²) in [5.41, 5.74) is -0.148. The molecule has 134 valence electrons. The first-order valence-corrected chi connectivity index (χ1v) is 8.33. The van der Waals surface area contributed by atoms with E-state index in [1.807, 2.05) is 0 Å². The number of hydrogen-bond donors (Lipinski definition) is 2. The number of aliphatic hydroxyl groups excluding tert-OH is 1. The first-order valence-electron chi connectivity index (χ1n) is 6.12. The number of hydrogen-bond acceptors (Lipinski definition) is 8. The SMILES string of the molecule is O=C(N[C@H](COS(=O)(=O)[O-])[C@H](O)c1ccc([N+](=O)[O-])cc1)C(Cl)Cl.[Na+]. The van der Waals surface area contributed by atoms with Gasteiger partial charge in [0.2, 0.25) is 10.4 Å². The van der Waals surface area contributed by atoms with Crippen LogP contribution >= 0.6 is 23.2 Å². The summed E-state index contributed by atoms with van der Waals surface area (Å²) in [6.07, 6.45) is -1.55. The standard InChI is InChI=1S/C11H12Cl2N2O8S.Na/c12-10(13)11(17)14-8(5-23-24(20,21)22)9(16)6-1-3-7(4-2-6)15(18)19;/h1-4,8-10,16H,5H2,(H,14,17)(H,20,21,22);/q;+1/p-1/t8-,9-;/m1./s1. The first kappa shape index (κ1) is 24.5. The average Bonchev–Trinajstić information content (AvgIpc) is 2.49. The summed E-state index contributed by atoms with van der Waals surface area (Å²) in [6.45, 7) is -0.893. The van der Waals surface area contributed by atoms with Gasteiger partial charge in [-0.3, -0.25) is 19.1 Å². The molecule has 0 saturated heterocycles. The van der Waals surface area contributed by atoms with E-state index in [0.29, 0.717) is 0 Å². The molecular formula is C11H11Cl2N2NaO8S. The molecule has 2 N–H and O–H groups in total. The molecule has 14 heteroatoms. The molecule has 1 aromatic rings. The summed E-state index contributed by atoms with van der Waals surface area (Å²) in [7, 11) is -5.08. The van der Waals surface area contributed by atoms with Crippen molar-refractivity contribution >= 4 is 45.2 Å². The fourth-order valence-electron chi connectivity index (χ4n) is 1.64. The van der Waals surface area contributed by atoms with E-state index in [0.717, 1.165) is 12.1 Å². The number of alkyl halides is 2. The summed E-state index contributed by atoms with van der Waals surface area (Å²) in [5.74, 6) is -0.962. The molecule has 0 radical (unpaired) electrons. The second-order valence-corrected chi connectivity index (χ2v) is 6.55. The van der Waals surface area contributed by atoms with Crippen LogP contribution in [0.5, 0.6) is 0 Å². The largest absolute Gasteiger partial charge is 1.00 e. The number of nitro benzene ring substituents is 1. The molecule has 1 rings (SSSR count). The van der Waals surface area contributed by atoms with Gasteiger partial charge in [-0.2, -0.15) is 0 Å². The van der Waals surface area contributed by atoms with Gasteiger partial charge in [0.05, 0.1) is 17.6 Å². The number of aliphatic hydroxyl groups is 1. The zero-order valence-corrected chi connectivity index (χ0v) is 17.0. The minimum absolute atomic E-state index is 0. The van der Waals surface area contributed by atoms with Crippen molar-refractivity contribution in [1.29, 1.82) is 0 Å². The minimum atomic E-state index is -5.08. The van der Waals surface area contributed by atoms with Crippen molar-refractivity contribution in [3.63, 3.8) is 0 Å². The summed E-state index contributed by atoms with van der Waals surface area (Å²) >= 11 is 10.7. The van der Waals surface area contributed by atoms with Crippen molar-refractivity contribution in [2.75, 3.05) is 6.61 Å². The Kier molecular flexibility index (Phi) is 10.4. The van der Waals surface area contributed by atoms with Crippen LogP contribution in [-0.2, 0) is 19.4 Å². The van der Waals surface area contributed by atoms with Gasteiger partial charge in [-0.25, -0.2) is 8.42 Å². The van der Waals surface area contributed by atoms with Crippen LogP contribution in [0, 0.1) is 10.1 Å². The zero-order valence-electron chi connectivity index (χ0n) is 12.7. The van der Waals surface area contributed by atoms with Crippen molar-refractivity contribution in [3.05, 3.63) is 39.9 Å². The van der Waals surface area contributed by atoms with Crippen molar-refractivity contribution in [2.24, 2.45) is 0 Å². The van der Waals surface area contributed by atoms with E-state index in [9.17, 15) is 33.0 Å². The Morgan fingerprint density at radius 2 is 1.84 bits per heavy atom. The predicted octanol–water partition coefficient (Wildman–Crippen LogP) is -2.60. The van der Waals surface area contributed by atoms with Crippen LogP contribution in [0.25, 0.3) is 0 Å². The number of halogens is 2. The molecule has 0 aromatic heterocycles. The summed E-state index contributed by atoms with van der Waals surface area (Å²) in [4.78, 5) is 19.9. The first-order chi connectivity index (χ1) is 11.0. The van der Waals surface area contributed by atoms with Crippen LogP contribution in [0.1, 0.15) is 11.7 Å². The smallest absolute Gasteiger partial charge is 0.726 e. The molecule has 0 fully saturated rings. The molecule has 2 atom stereocenters. The van der Waals surface area contributed by atoms with Gasteiger partial charge in [0.25, 0.3) is 11.6 Å². The number of nitro groups is 1. The van der Waals surface area contributed by atoms with E-state index < -0.39 is 44.8 Å². The quantitative estimate of drug-likeness (QED) is 0.115. The van der Waals surface area contributed by atoms with Gasteiger partial charge in [0.1, 0.15) is 6.10 Å². The summed E-state index contributed by atoms with van der Waals surface area (Å²) in [6, 6.07) is 3.16. The second-order valence-electron chi connectivity index (χ2n) is 4.40. The summed E-state index contributed by atoms with van der Waals surface area (Å²) < 4.78 is 35.6. The molecule has 0 aliphatic carbocycles. The van der Waals surface area contributed by atoms with E-state index in [4.69, 9.17) is 23.2 Å². The molecule has 0 heterocycles. The molecule has 25 heavy (non-hydrogen) atoms. The number of non-ortho nitro benzene ring substituents is 1. The minimum Gasteiger partial charge on any atom is -0.726 e. The van der Waals surface area contributed by atoms with Crippen molar-refractivity contribution < 1.29 is 61.5 Å². The Morgan fingerprint density at radius 3 is 2.24 bits per heavy atom. The van der Waals surface area contributed by atoms with Crippen LogP contribution < -0.4 is 34.9 Å². The van der Waals surface area contributed by atoms with E-state index >= 15 is 0 Å². The van der Waals surface area contributed by atoms with E-state index in [1.54, 1.807) is 0 Å². The number of rotatable bonds is 8. The third-order valence-corrected chi connectivity index (χ3v) is 3.57. The predicted molar refractivity (Wildman–Crippen MR) is 81.1 cm³/mol. The Labute approximate surface area is 174 Å². The Balaban J connectivity index is 0.00000576. The van der Waals surface area contributed by atoms with E-state index in [1.165, 1.54) is 12.1 Å². The van der Waals surface area contributed by atoms with E-state index in [2.05, 4.69) is 9.50 Å². The van der Waals surface area contributed by atoms with Crippen LogP contribution in [0.4, 0.5) is 5.69 Å². The second kappa shape index (κ2) is 10.6. The van der Waals surface area contributed by atoms with Gasteiger partial charge < -0.3 is 15.0 Å².